The molecule has 2 aliphatic rings. The molecule has 0 aliphatic carbocycles. The first-order chi connectivity index (χ1) is 15.4. The minimum atomic E-state index is -0.548. The zero-order valence-corrected chi connectivity index (χ0v) is 18.6. The van der Waals surface area contributed by atoms with Crippen molar-refractivity contribution < 1.29 is 9.18 Å². The van der Waals surface area contributed by atoms with E-state index in [2.05, 4.69) is 34.1 Å². The second-order valence-electron chi connectivity index (χ2n) is 8.99. The van der Waals surface area contributed by atoms with Crippen LogP contribution in [0.4, 0.5) is 4.39 Å². The minimum absolute atomic E-state index is 0.0150. The largest absolute Gasteiger partial charge is 0.306 e. The summed E-state index contributed by atoms with van der Waals surface area (Å²) in [6, 6.07) is 11.5. The molecule has 2 aromatic carbocycles. The van der Waals surface area contributed by atoms with E-state index in [0.29, 0.717) is 23.8 Å². The summed E-state index contributed by atoms with van der Waals surface area (Å²) in [5.41, 5.74) is 1.19. The lowest BCUT2D eigenvalue weighted by atomic mass is 9.89. The van der Waals surface area contributed by atoms with E-state index < -0.39 is 5.82 Å². The third-order valence-electron chi connectivity index (χ3n) is 6.52. The number of hydrogen-bond acceptors (Lipinski definition) is 5. The van der Waals surface area contributed by atoms with Crippen molar-refractivity contribution in [2.45, 2.75) is 12.8 Å². The number of nitrogens with zero attached hydrogens (tertiary/aromatic N) is 3. The standard InChI is InChI=1S/C16H11FN2O2.C9H18N2/c17-14-6-5-10(7-11(14)9-20)8-15-12-3-1-2-4-13(12)16(21)19-18-15;1-10-4-3-8-5-11(2)7-9(8)6-10/h1-7,9H,8H2,(H,19,21);8-9H,3-7H2,1-2H3. The van der Waals surface area contributed by atoms with E-state index in [1.807, 2.05) is 12.1 Å². The third kappa shape index (κ3) is 4.95. The summed E-state index contributed by atoms with van der Waals surface area (Å²) in [6.45, 7) is 5.32. The van der Waals surface area contributed by atoms with E-state index in [0.717, 1.165) is 22.8 Å². The number of rotatable bonds is 3. The summed E-state index contributed by atoms with van der Waals surface area (Å²) < 4.78 is 13.3. The van der Waals surface area contributed by atoms with Crippen LogP contribution in [0.3, 0.4) is 0 Å². The topological polar surface area (TPSA) is 69.3 Å². The van der Waals surface area contributed by atoms with Crippen LogP contribution in [0.5, 0.6) is 0 Å². The Hall–Kier alpha value is -2.90. The third-order valence-corrected chi connectivity index (χ3v) is 6.52. The lowest BCUT2D eigenvalue weighted by Gasteiger charge is -2.31. The van der Waals surface area contributed by atoms with Crippen LogP contribution in [0.15, 0.2) is 47.3 Å². The molecule has 0 spiro atoms. The molecule has 5 rings (SSSR count). The number of aldehydes is 1. The summed E-state index contributed by atoms with van der Waals surface area (Å²) in [4.78, 5) is 27.5. The fourth-order valence-electron chi connectivity index (χ4n) is 4.88. The second-order valence-corrected chi connectivity index (χ2v) is 8.99. The lowest BCUT2D eigenvalue weighted by Crippen LogP contribution is -2.37. The van der Waals surface area contributed by atoms with Crippen molar-refractivity contribution in [1.82, 2.24) is 20.0 Å². The molecule has 2 unspecified atom stereocenters. The van der Waals surface area contributed by atoms with E-state index >= 15 is 0 Å². The van der Waals surface area contributed by atoms with Crippen molar-refractivity contribution in [3.05, 3.63) is 75.5 Å². The van der Waals surface area contributed by atoms with Gasteiger partial charge in [0.1, 0.15) is 5.82 Å². The molecule has 0 radical (unpaired) electrons. The number of aromatic amines is 1. The molecule has 32 heavy (non-hydrogen) atoms. The maximum atomic E-state index is 13.3. The maximum absolute atomic E-state index is 13.3. The van der Waals surface area contributed by atoms with Gasteiger partial charge < -0.3 is 9.80 Å². The Morgan fingerprint density at radius 1 is 1.06 bits per heavy atom. The van der Waals surface area contributed by atoms with Crippen molar-refractivity contribution in [3.8, 4) is 0 Å². The Morgan fingerprint density at radius 3 is 2.56 bits per heavy atom. The number of likely N-dealkylation sites (tertiary alicyclic amines) is 2. The molecule has 6 nitrogen and oxygen atoms in total. The van der Waals surface area contributed by atoms with Gasteiger partial charge >= 0.3 is 0 Å². The van der Waals surface area contributed by atoms with Crippen LogP contribution in [-0.4, -0.2) is 66.6 Å². The summed E-state index contributed by atoms with van der Waals surface area (Å²) >= 11 is 0. The Morgan fingerprint density at radius 2 is 1.78 bits per heavy atom. The Bertz CT molecular complexity index is 1160. The van der Waals surface area contributed by atoms with Crippen LogP contribution >= 0.6 is 0 Å². The molecular formula is C25H29FN4O2. The summed E-state index contributed by atoms with van der Waals surface area (Å²) in [7, 11) is 4.49. The molecule has 0 amide bonds. The number of carbonyl (C=O) groups excluding carboxylic acids is 1. The molecule has 3 aromatic rings. The number of piperidine rings is 1. The predicted octanol–water partition coefficient (Wildman–Crippen LogP) is 2.97. The fraction of sp³-hybridized carbons (Fsp3) is 0.400. The molecule has 7 heteroatoms. The predicted molar refractivity (Wildman–Crippen MR) is 124 cm³/mol. The van der Waals surface area contributed by atoms with E-state index in [4.69, 9.17) is 0 Å². The molecule has 2 fully saturated rings. The SMILES string of the molecule is CN1CCC2CN(C)CC2C1.O=Cc1cc(Cc2n[nH]c(=O)c3ccccc23)ccc1F. The quantitative estimate of drug-likeness (QED) is 0.640. The number of H-pyrrole nitrogens is 1. The van der Waals surface area contributed by atoms with E-state index in [9.17, 15) is 14.0 Å². The summed E-state index contributed by atoms with van der Waals surface area (Å²) in [5.74, 6) is 1.43. The van der Waals surface area contributed by atoms with Crippen LogP contribution < -0.4 is 5.56 Å². The molecule has 1 N–H and O–H groups in total. The normalized spacial score (nSPS) is 21.1. The molecule has 168 valence electrons. The Kier molecular flexibility index (Phi) is 6.77. The highest BCUT2D eigenvalue weighted by Crippen LogP contribution is 2.29. The van der Waals surface area contributed by atoms with Gasteiger partial charge in [-0.25, -0.2) is 9.49 Å². The van der Waals surface area contributed by atoms with Crippen molar-refractivity contribution in [3.63, 3.8) is 0 Å². The van der Waals surface area contributed by atoms with Gasteiger partial charge in [0, 0.05) is 31.4 Å². The van der Waals surface area contributed by atoms with Crippen LogP contribution in [0, 0.1) is 17.7 Å². The second kappa shape index (κ2) is 9.71. The highest BCUT2D eigenvalue weighted by molar-refractivity contribution is 5.83. The van der Waals surface area contributed by atoms with Crippen LogP contribution in [0.1, 0.15) is 28.0 Å². The van der Waals surface area contributed by atoms with Gasteiger partial charge in [0.15, 0.2) is 6.29 Å². The monoisotopic (exact) mass is 436 g/mol. The van der Waals surface area contributed by atoms with E-state index in [-0.39, 0.29) is 11.1 Å². The average Bonchev–Trinajstić information content (AvgIpc) is 3.16. The number of carbonyl (C=O) groups is 1. The van der Waals surface area contributed by atoms with E-state index in [1.165, 1.54) is 44.7 Å². The first-order valence-corrected chi connectivity index (χ1v) is 11.0. The van der Waals surface area contributed by atoms with Crippen LogP contribution in [0.2, 0.25) is 0 Å². The first kappa shape index (κ1) is 22.3. The van der Waals surface area contributed by atoms with Gasteiger partial charge in [-0.15, -0.1) is 0 Å². The van der Waals surface area contributed by atoms with Crippen molar-refractivity contribution in [2.75, 3.05) is 40.3 Å². The number of halogens is 1. The van der Waals surface area contributed by atoms with Crippen molar-refractivity contribution >= 4 is 17.1 Å². The Balaban J connectivity index is 0.000000186. The zero-order chi connectivity index (χ0) is 22.7. The van der Waals surface area contributed by atoms with Gasteiger partial charge in [-0.05, 0) is 62.7 Å². The molecule has 0 saturated carbocycles. The van der Waals surface area contributed by atoms with Gasteiger partial charge in [-0.3, -0.25) is 9.59 Å². The maximum Gasteiger partial charge on any atom is 0.272 e. The highest BCUT2D eigenvalue weighted by Gasteiger charge is 2.34. The Labute approximate surface area is 187 Å². The van der Waals surface area contributed by atoms with Crippen molar-refractivity contribution in [1.29, 1.82) is 0 Å². The number of hydrogen-bond donors (Lipinski definition) is 1. The van der Waals surface area contributed by atoms with Crippen LogP contribution in [0.25, 0.3) is 10.8 Å². The molecule has 3 heterocycles. The fourth-order valence-corrected chi connectivity index (χ4v) is 4.88. The zero-order valence-electron chi connectivity index (χ0n) is 18.6. The smallest absolute Gasteiger partial charge is 0.272 e. The van der Waals surface area contributed by atoms with Gasteiger partial charge in [0.25, 0.3) is 5.56 Å². The number of nitrogens with one attached hydrogen (secondary N) is 1. The molecule has 0 bridgehead atoms. The lowest BCUT2D eigenvalue weighted by molar-refractivity contribution is 0.111. The number of aromatic nitrogens is 2. The van der Waals surface area contributed by atoms with Gasteiger partial charge in [0.05, 0.1) is 16.6 Å². The first-order valence-electron chi connectivity index (χ1n) is 11.0. The van der Waals surface area contributed by atoms with Crippen LogP contribution in [-0.2, 0) is 6.42 Å². The molecule has 2 atom stereocenters. The summed E-state index contributed by atoms with van der Waals surface area (Å²) in [5, 5.41) is 7.82. The highest BCUT2D eigenvalue weighted by atomic mass is 19.1. The molecule has 2 saturated heterocycles. The number of benzene rings is 2. The van der Waals surface area contributed by atoms with Crippen molar-refractivity contribution in [2.24, 2.45) is 11.8 Å². The molecule has 1 aromatic heterocycles. The molecular weight excluding hydrogens is 407 g/mol. The minimum Gasteiger partial charge on any atom is -0.306 e. The number of fused-ring (bicyclic) bond motifs is 2. The summed E-state index contributed by atoms with van der Waals surface area (Å²) in [6.07, 6.45) is 2.31. The molecule has 2 aliphatic heterocycles. The van der Waals surface area contributed by atoms with Gasteiger partial charge in [-0.1, -0.05) is 24.3 Å². The van der Waals surface area contributed by atoms with Gasteiger partial charge in [-0.2, -0.15) is 5.10 Å². The average molecular weight is 437 g/mol. The van der Waals surface area contributed by atoms with Gasteiger partial charge in [0.2, 0.25) is 0 Å². The van der Waals surface area contributed by atoms with E-state index in [1.54, 1.807) is 18.2 Å².